The average molecular weight is 256 g/mol. The van der Waals surface area contributed by atoms with Gasteiger partial charge < -0.3 is 4.74 Å². The Hall–Kier alpha value is -0.573. The Bertz CT molecular complexity index is 241. The molecule has 0 aromatic rings. The van der Waals surface area contributed by atoms with E-state index in [2.05, 4.69) is 38.7 Å². The molecule has 1 unspecified atom stereocenters. The summed E-state index contributed by atoms with van der Waals surface area (Å²) in [5.41, 5.74) is 0.400. The molecular weight excluding hydrogens is 228 g/mol. The molecule has 0 aliphatic rings. The molecular formula is C14H28O2Si. The molecule has 0 amide bonds. The quantitative estimate of drug-likeness (QED) is 0.278. The predicted molar refractivity (Wildman–Crippen MR) is 77.0 cm³/mol. The Morgan fingerprint density at radius 2 is 1.94 bits per heavy atom. The van der Waals surface area contributed by atoms with Gasteiger partial charge >= 0.3 is 5.97 Å². The molecule has 0 aliphatic heterocycles. The Morgan fingerprint density at radius 1 is 1.29 bits per heavy atom. The third kappa shape index (κ3) is 8.19. The number of hydrogen-bond acceptors (Lipinski definition) is 2. The van der Waals surface area contributed by atoms with Gasteiger partial charge in [-0.3, -0.25) is 4.79 Å². The van der Waals surface area contributed by atoms with Gasteiger partial charge in [0.15, 0.2) is 0 Å². The van der Waals surface area contributed by atoms with Gasteiger partial charge in [-0.1, -0.05) is 51.6 Å². The second-order valence-corrected chi connectivity index (χ2v) is 11.2. The summed E-state index contributed by atoms with van der Waals surface area (Å²) in [6.45, 7) is 9.12. The Labute approximate surface area is 107 Å². The van der Waals surface area contributed by atoms with E-state index in [-0.39, 0.29) is 5.97 Å². The maximum absolute atomic E-state index is 11.4. The highest BCUT2D eigenvalue weighted by molar-refractivity contribution is 6.78. The van der Waals surface area contributed by atoms with Gasteiger partial charge in [-0.15, -0.1) is 0 Å². The number of hydrogen-bond donors (Lipinski definition) is 0. The Kier molecular flexibility index (Phi) is 8.22. The molecule has 0 N–H and O–H groups in total. The first-order valence-electron chi connectivity index (χ1n) is 6.65. The highest BCUT2D eigenvalue weighted by Gasteiger charge is 2.26. The van der Waals surface area contributed by atoms with E-state index >= 15 is 0 Å². The summed E-state index contributed by atoms with van der Waals surface area (Å²) in [5, 5.41) is 0. The first kappa shape index (κ1) is 16.4. The minimum absolute atomic E-state index is 0.0874. The normalized spacial score (nSPS) is 13.9. The molecule has 0 rings (SSSR count). The van der Waals surface area contributed by atoms with Gasteiger partial charge in [-0.25, -0.2) is 0 Å². The zero-order valence-electron chi connectivity index (χ0n) is 12.1. The van der Waals surface area contributed by atoms with Crippen LogP contribution in [0.5, 0.6) is 0 Å². The minimum Gasteiger partial charge on any atom is -0.469 e. The molecule has 17 heavy (non-hydrogen) atoms. The SMILES string of the molecule is CCCCC/C=C/C(CC(=O)OC)[Si](C)(C)C. The molecule has 0 bridgehead atoms. The molecule has 2 nitrogen and oxygen atoms in total. The molecule has 0 spiro atoms. The van der Waals surface area contributed by atoms with E-state index in [9.17, 15) is 4.79 Å². The van der Waals surface area contributed by atoms with Crippen molar-refractivity contribution in [2.45, 2.75) is 64.2 Å². The van der Waals surface area contributed by atoms with Gasteiger partial charge in [-0.05, 0) is 18.4 Å². The Morgan fingerprint density at radius 3 is 2.41 bits per heavy atom. The number of rotatable bonds is 8. The molecule has 0 fully saturated rings. The van der Waals surface area contributed by atoms with Crippen LogP contribution in [0.15, 0.2) is 12.2 Å². The number of unbranched alkanes of at least 4 members (excludes halogenated alkanes) is 3. The summed E-state index contributed by atoms with van der Waals surface area (Å²) in [5.74, 6) is -0.0874. The van der Waals surface area contributed by atoms with Gasteiger partial charge in [0.05, 0.1) is 15.2 Å². The highest BCUT2D eigenvalue weighted by atomic mass is 28.3. The van der Waals surface area contributed by atoms with E-state index in [1.807, 2.05) is 0 Å². The average Bonchev–Trinajstić information content (AvgIpc) is 2.25. The summed E-state index contributed by atoms with van der Waals surface area (Å²) < 4.78 is 4.77. The maximum atomic E-state index is 11.4. The maximum Gasteiger partial charge on any atom is 0.305 e. The van der Waals surface area contributed by atoms with Crippen LogP contribution in [0.2, 0.25) is 25.2 Å². The van der Waals surface area contributed by atoms with Crippen molar-refractivity contribution in [3.8, 4) is 0 Å². The van der Waals surface area contributed by atoms with Crippen LogP contribution in [0.25, 0.3) is 0 Å². The molecule has 0 aromatic heterocycles. The van der Waals surface area contributed by atoms with Crippen LogP contribution in [-0.4, -0.2) is 21.2 Å². The van der Waals surface area contributed by atoms with Crippen molar-refractivity contribution in [2.24, 2.45) is 0 Å². The molecule has 0 aromatic carbocycles. The van der Waals surface area contributed by atoms with Gasteiger partial charge in [-0.2, -0.15) is 0 Å². The molecule has 0 heterocycles. The van der Waals surface area contributed by atoms with Gasteiger partial charge in [0.1, 0.15) is 0 Å². The van der Waals surface area contributed by atoms with Crippen molar-refractivity contribution in [2.75, 3.05) is 7.11 Å². The smallest absolute Gasteiger partial charge is 0.305 e. The lowest BCUT2D eigenvalue weighted by Gasteiger charge is -2.25. The number of ether oxygens (including phenoxy) is 1. The fourth-order valence-electron chi connectivity index (χ4n) is 1.70. The van der Waals surface area contributed by atoms with Crippen molar-refractivity contribution >= 4 is 14.0 Å². The van der Waals surface area contributed by atoms with Crippen molar-refractivity contribution in [1.29, 1.82) is 0 Å². The fraction of sp³-hybridized carbons (Fsp3) is 0.786. The van der Waals surface area contributed by atoms with Crippen LogP contribution < -0.4 is 0 Å². The van der Waals surface area contributed by atoms with E-state index < -0.39 is 8.07 Å². The lowest BCUT2D eigenvalue weighted by atomic mass is 10.2. The molecule has 0 radical (unpaired) electrons. The topological polar surface area (TPSA) is 26.3 Å². The summed E-state index contributed by atoms with van der Waals surface area (Å²) >= 11 is 0. The zero-order chi connectivity index (χ0) is 13.3. The third-order valence-corrected chi connectivity index (χ3v) is 5.69. The number of carbonyl (C=O) groups excluding carboxylic acids is 1. The second kappa shape index (κ2) is 8.51. The number of carbonyl (C=O) groups is 1. The van der Waals surface area contributed by atoms with E-state index in [1.165, 1.54) is 26.4 Å². The summed E-state index contributed by atoms with van der Waals surface area (Å²) in [6, 6.07) is 0. The minimum atomic E-state index is -1.32. The van der Waals surface area contributed by atoms with E-state index in [0.29, 0.717) is 12.0 Å². The summed E-state index contributed by atoms with van der Waals surface area (Å²) in [4.78, 5) is 11.4. The fourth-order valence-corrected chi connectivity index (χ4v) is 3.19. The lowest BCUT2D eigenvalue weighted by Crippen LogP contribution is -2.29. The van der Waals surface area contributed by atoms with Crippen LogP contribution in [-0.2, 0) is 9.53 Å². The van der Waals surface area contributed by atoms with Gasteiger partial charge in [0.25, 0.3) is 0 Å². The highest BCUT2D eigenvalue weighted by Crippen LogP contribution is 2.27. The van der Waals surface area contributed by atoms with Crippen LogP contribution >= 0.6 is 0 Å². The summed E-state index contributed by atoms with van der Waals surface area (Å²) in [6.07, 6.45) is 9.98. The Balaban J connectivity index is 4.25. The summed E-state index contributed by atoms with van der Waals surface area (Å²) in [7, 11) is 0.145. The second-order valence-electron chi connectivity index (χ2n) is 5.68. The van der Waals surface area contributed by atoms with E-state index in [1.54, 1.807) is 0 Å². The molecule has 0 aliphatic carbocycles. The van der Waals surface area contributed by atoms with Crippen molar-refractivity contribution in [3.63, 3.8) is 0 Å². The predicted octanol–water partition coefficient (Wildman–Crippen LogP) is 4.39. The van der Waals surface area contributed by atoms with E-state index in [4.69, 9.17) is 4.74 Å². The molecule has 0 saturated heterocycles. The van der Waals surface area contributed by atoms with Crippen molar-refractivity contribution in [1.82, 2.24) is 0 Å². The largest absolute Gasteiger partial charge is 0.469 e. The monoisotopic (exact) mass is 256 g/mol. The molecule has 3 heteroatoms. The molecule has 1 atom stereocenters. The number of esters is 1. The number of methoxy groups -OCH3 is 1. The van der Waals surface area contributed by atoms with Crippen molar-refractivity contribution in [3.05, 3.63) is 12.2 Å². The van der Waals surface area contributed by atoms with Crippen molar-refractivity contribution < 1.29 is 9.53 Å². The first-order chi connectivity index (χ1) is 7.91. The third-order valence-electron chi connectivity index (χ3n) is 3.07. The zero-order valence-corrected chi connectivity index (χ0v) is 13.1. The van der Waals surface area contributed by atoms with Gasteiger partial charge in [0, 0.05) is 6.42 Å². The molecule has 100 valence electrons. The lowest BCUT2D eigenvalue weighted by molar-refractivity contribution is -0.140. The van der Waals surface area contributed by atoms with Crippen LogP contribution in [0.3, 0.4) is 0 Å². The van der Waals surface area contributed by atoms with E-state index in [0.717, 1.165) is 6.42 Å². The van der Waals surface area contributed by atoms with Gasteiger partial charge in [0.2, 0.25) is 0 Å². The number of allylic oxidation sites excluding steroid dienone is 2. The van der Waals surface area contributed by atoms with Crippen LogP contribution in [0, 0.1) is 0 Å². The van der Waals surface area contributed by atoms with Crippen LogP contribution in [0.1, 0.15) is 39.0 Å². The van der Waals surface area contributed by atoms with Crippen LogP contribution in [0.4, 0.5) is 0 Å². The first-order valence-corrected chi connectivity index (χ1v) is 10.2. The molecule has 0 saturated carbocycles. The standard InChI is InChI=1S/C14H28O2Si/c1-6-7-8-9-10-11-13(17(3,4)5)12-14(15)16-2/h10-11,13H,6-9,12H2,1-5H3/b11-10+.